The van der Waals surface area contributed by atoms with Crippen LogP contribution in [0.4, 0.5) is 0 Å². The van der Waals surface area contributed by atoms with Crippen molar-refractivity contribution in [2.24, 2.45) is 10.9 Å². The van der Waals surface area contributed by atoms with Crippen molar-refractivity contribution in [3.8, 4) is 33.0 Å². The largest absolute Gasteiger partial charge is 0.474 e. The second-order valence-corrected chi connectivity index (χ2v) is 21.4. The van der Waals surface area contributed by atoms with Crippen LogP contribution in [0, 0.1) is 33.6 Å². The van der Waals surface area contributed by atoms with Gasteiger partial charge < -0.3 is 34.6 Å². The van der Waals surface area contributed by atoms with Crippen LogP contribution in [-0.2, 0) is 20.9 Å². The maximum Gasteiger partial charge on any atom is 0.259 e. The van der Waals surface area contributed by atoms with Gasteiger partial charge in [-0.25, -0.2) is 9.97 Å². The lowest BCUT2D eigenvalue weighted by molar-refractivity contribution is -0.141. The molecule has 3 aliphatic rings. The van der Waals surface area contributed by atoms with E-state index in [0.717, 1.165) is 54.9 Å². The van der Waals surface area contributed by atoms with E-state index >= 15 is 0 Å². The van der Waals surface area contributed by atoms with Gasteiger partial charge in [-0.1, -0.05) is 61.8 Å². The summed E-state index contributed by atoms with van der Waals surface area (Å²) in [5.41, 5.74) is 8.57. The fraction of sp³-hybridized carbons (Fsp3) is 0.365. The highest BCUT2D eigenvalue weighted by Crippen LogP contribution is 2.40. The first-order chi connectivity index (χ1) is 34.7. The van der Waals surface area contributed by atoms with Crippen LogP contribution in [0.1, 0.15) is 102 Å². The SMILES string of the molecule is Cc1ncsc1-c1ccc(CNC(=O)[C@@H]2C[C@@H](O)CN2C(=O)[C@@H](c2cc(Oc3ccc(OC4CC(NC(=O)C[C@@H]5N=C(c6ccc(Cl)cc6)c6c(sc(C)c6C)-n6c(C)nnc65)C4)nc3)no2)C(C)C)cc1. The van der Waals surface area contributed by atoms with Crippen LogP contribution < -0.4 is 20.1 Å². The summed E-state index contributed by atoms with van der Waals surface area (Å²) in [6, 6.07) is 18.9. The van der Waals surface area contributed by atoms with Gasteiger partial charge in [-0.15, -0.1) is 32.9 Å². The summed E-state index contributed by atoms with van der Waals surface area (Å²) in [7, 11) is 0. The Morgan fingerprint density at radius 3 is 2.42 bits per heavy atom. The van der Waals surface area contributed by atoms with Gasteiger partial charge in [0.1, 0.15) is 40.7 Å². The van der Waals surface area contributed by atoms with Crippen molar-refractivity contribution >= 4 is 57.7 Å². The maximum atomic E-state index is 14.2. The van der Waals surface area contributed by atoms with Crippen LogP contribution in [0.2, 0.25) is 5.02 Å². The van der Waals surface area contributed by atoms with Crippen LogP contribution in [-0.4, -0.2) is 94.2 Å². The Morgan fingerprint density at radius 1 is 0.944 bits per heavy atom. The van der Waals surface area contributed by atoms with E-state index in [1.807, 2.05) is 86.3 Å². The van der Waals surface area contributed by atoms with E-state index in [1.54, 1.807) is 40.9 Å². The minimum Gasteiger partial charge on any atom is -0.474 e. The number of thiophene rings is 1. The van der Waals surface area contributed by atoms with Gasteiger partial charge in [-0.2, -0.15) is 0 Å². The van der Waals surface area contributed by atoms with Crippen LogP contribution in [0.15, 0.2) is 88.0 Å². The lowest BCUT2D eigenvalue weighted by Gasteiger charge is -2.35. The number of carbonyl (C=O) groups excluding carboxylic acids is 3. The lowest BCUT2D eigenvalue weighted by Crippen LogP contribution is -2.49. The molecule has 2 aromatic carbocycles. The normalized spacial score (nSPS) is 19.7. The van der Waals surface area contributed by atoms with Gasteiger partial charge in [-0.3, -0.25) is 23.9 Å². The molecular formula is C52H53ClN10O7S2. The Morgan fingerprint density at radius 2 is 1.71 bits per heavy atom. The number of nitrogens with one attached hydrogen (secondary N) is 2. The van der Waals surface area contributed by atoms with E-state index in [0.29, 0.717) is 35.3 Å². The second-order valence-electron chi connectivity index (χ2n) is 18.9. The second kappa shape index (κ2) is 20.4. The molecule has 0 radical (unpaired) electrons. The molecule has 20 heteroatoms. The number of aliphatic hydroxyl groups is 1. The number of aliphatic hydroxyl groups excluding tert-OH is 1. The average molecular weight is 1030 g/mol. The molecule has 10 rings (SSSR count). The van der Waals surface area contributed by atoms with Crippen molar-refractivity contribution in [2.45, 2.75) is 110 Å². The number of benzene rings is 2. The Balaban J connectivity index is 0.719. The quantitative estimate of drug-likeness (QED) is 0.0882. The number of amides is 3. The summed E-state index contributed by atoms with van der Waals surface area (Å²) < 4.78 is 19.8. The number of likely N-dealkylation sites (tertiary alicyclic amines) is 1. The van der Waals surface area contributed by atoms with Crippen molar-refractivity contribution in [3.63, 3.8) is 0 Å². The van der Waals surface area contributed by atoms with Crippen molar-refractivity contribution in [3.05, 3.63) is 134 Å². The number of aromatic nitrogens is 6. The number of aryl methyl sites for hydroxylation is 3. The van der Waals surface area contributed by atoms with E-state index in [4.69, 9.17) is 30.6 Å². The van der Waals surface area contributed by atoms with Gasteiger partial charge in [-0.05, 0) is 73.7 Å². The molecule has 2 fully saturated rings. The number of pyridine rings is 1. The number of hydrogen-bond donors (Lipinski definition) is 3. The Bertz CT molecular complexity index is 3160. The smallest absolute Gasteiger partial charge is 0.259 e. The lowest BCUT2D eigenvalue weighted by atomic mass is 9.89. The minimum atomic E-state index is -0.857. The summed E-state index contributed by atoms with van der Waals surface area (Å²) in [6.07, 6.45) is 1.90. The molecule has 7 aromatic rings. The van der Waals surface area contributed by atoms with Gasteiger partial charge in [0.05, 0.1) is 40.5 Å². The van der Waals surface area contributed by atoms with E-state index in [-0.39, 0.29) is 73.4 Å². The summed E-state index contributed by atoms with van der Waals surface area (Å²) in [4.78, 5) is 59.1. The van der Waals surface area contributed by atoms with Crippen molar-refractivity contribution in [1.29, 1.82) is 0 Å². The molecule has 2 aliphatic heterocycles. The van der Waals surface area contributed by atoms with Gasteiger partial charge >= 0.3 is 0 Å². The monoisotopic (exact) mass is 1030 g/mol. The fourth-order valence-corrected chi connectivity index (χ4v) is 11.7. The Labute approximate surface area is 428 Å². The zero-order valence-corrected chi connectivity index (χ0v) is 42.8. The fourth-order valence-electron chi connectivity index (χ4n) is 9.51. The predicted molar refractivity (Wildman–Crippen MR) is 272 cm³/mol. The van der Waals surface area contributed by atoms with Crippen LogP contribution >= 0.6 is 34.3 Å². The third-order valence-corrected chi connectivity index (χ3v) is 15.9. The summed E-state index contributed by atoms with van der Waals surface area (Å²) in [5.74, 6) is 0.622. The van der Waals surface area contributed by atoms with Crippen molar-refractivity contribution < 1.29 is 33.5 Å². The van der Waals surface area contributed by atoms with Gasteiger partial charge in [0, 0.05) is 71.6 Å². The zero-order chi connectivity index (χ0) is 50.4. The molecule has 72 heavy (non-hydrogen) atoms. The van der Waals surface area contributed by atoms with Crippen LogP contribution in [0.3, 0.4) is 0 Å². The number of fused-ring (bicyclic) bond motifs is 3. The summed E-state index contributed by atoms with van der Waals surface area (Å²) in [5, 5.41) is 31.4. The molecule has 372 valence electrons. The molecule has 0 spiro atoms. The molecule has 0 unspecified atom stereocenters. The first kappa shape index (κ1) is 48.8. The third kappa shape index (κ3) is 10.0. The maximum absolute atomic E-state index is 14.2. The minimum absolute atomic E-state index is 0.0158. The van der Waals surface area contributed by atoms with Gasteiger partial charge in [0.15, 0.2) is 11.6 Å². The van der Waals surface area contributed by atoms with Crippen LogP contribution in [0.5, 0.6) is 17.5 Å². The number of carbonyl (C=O) groups is 3. The first-order valence-electron chi connectivity index (χ1n) is 23.9. The summed E-state index contributed by atoms with van der Waals surface area (Å²) >= 11 is 9.51. The number of ether oxygens (including phenoxy) is 2. The zero-order valence-electron chi connectivity index (χ0n) is 40.5. The number of β-amino-alcohol motifs (C(OH)–C–C–N with tert-alkyl or cyclic N) is 1. The summed E-state index contributed by atoms with van der Waals surface area (Å²) in [6.45, 7) is 12.1. The van der Waals surface area contributed by atoms with Crippen molar-refractivity contribution in [2.75, 3.05) is 6.54 Å². The molecule has 0 bridgehead atoms. The number of halogens is 1. The van der Waals surface area contributed by atoms with Crippen molar-refractivity contribution in [1.82, 2.24) is 45.4 Å². The number of nitrogens with zero attached hydrogens (tertiary/aromatic N) is 8. The van der Waals surface area contributed by atoms with E-state index in [9.17, 15) is 19.5 Å². The Hall–Kier alpha value is -6.80. The van der Waals surface area contributed by atoms with E-state index < -0.39 is 24.1 Å². The molecule has 4 atom stereocenters. The molecule has 1 aliphatic carbocycles. The molecular weight excluding hydrogens is 976 g/mol. The van der Waals surface area contributed by atoms with E-state index in [2.05, 4.69) is 49.8 Å². The molecule has 17 nitrogen and oxygen atoms in total. The third-order valence-electron chi connectivity index (χ3n) is 13.5. The first-order valence-corrected chi connectivity index (χ1v) is 25.9. The molecule has 1 saturated heterocycles. The molecule has 1 saturated carbocycles. The molecule has 5 aromatic heterocycles. The number of hydrogen-bond acceptors (Lipinski definition) is 15. The highest BCUT2D eigenvalue weighted by atomic mass is 35.5. The van der Waals surface area contributed by atoms with E-state index in [1.165, 1.54) is 16.0 Å². The number of aliphatic imine (C=N–C) groups is 1. The highest BCUT2D eigenvalue weighted by molar-refractivity contribution is 7.15. The van der Waals surface area contributed by atoms with Gasteiger partial charge in [0.25, 0.3) is 5.88 Å². The predicted octanol–water partition coefficient (Wildman–Crippen LogP) is 8.54. The molecule has 3 N–H and O–H groups in total. The molecule has 3 amide bonds. The molecule has 7 heterocycles. The van der Waals surface area contributed by atoms with Crippen LogP contribution in [0.25, 0.3) is 15.4 Å². The van der Waals surface area contributed by atoms with Gasteiger partial charge in [0.2, 0.25) is 23.6 Å². The highest BCUT2D eigenvalue weighted by Gasteiger charge is 2.43. The Kier molecular flexibility index (Phi) is 13.8. The topological polar surface area (TPSA) is 212 Å². The number of thiazole rings is 1. The number of rotatable bonds is 15. The average Bonchev–Trinajstić information content (AvgIpc) is 4.19. The standard InChI is InChI=1S/C52H53ClN10O7S2/c1-26(2)45(51(67)62-24-36(64)19-40(62)50(66)55-22-31-7-9-33(10-8-31)48-28(4)56-25-71-48)41-21-44(61-70-41)68-37-15-16-43(54-23-37)69-38-17-35(18-38)57-42(65)20-39-49-60-59-30(6)63(49)52-46(27(3)29(5)72-52)47(58-39)32-11-13-34(53)14-12-32/h7-16,21,23,25-26,35-36,38-40,45,64H,17-20,22,24H2,1-6H3,(H,55,66)(H,57,65)/t35?,36-,38?,39+,40+,45-/m1/s1.